The van der Waals surface area contributed by atoms with Gasteiger partial charge in [-0.1, -0.05) is 11.6 Å². The number of halogens is 1. The summed E-state index contributed by atoms with van der Waals surface area (Å²) in [6, 6.07) is 13.2. The van der Waals surface area contributed by atoms with Gasteiger partial charge in [0, 0.05) is 41.5 Å². The van der Waals surface area contributed by atoms with Crippen LogP contribution in [0.1, 0.15) is 21.8 Å². The zero-order valence-corrected chi connectivity index (χ0v) is 20.0. The number of anilines is 4. The van der Waals surface area contributed by atoms with Gasteiger partial charge in [-0.2, -0.15) is 5.10 Å². The fraction of sp³-hybridized carbons (Fsp3) is 0.182. The average molecular weight is 498 g/mol. The van der Waals surface area contributed by atoms with Gasteiger partial charge < -0.3 is 15.5 Å². The Morgan fingerprint density at radius 2 is 1.97 bits per heavy atom. The van der Waals surface area contributed by atoms with Crippen LogP contribution in [0.3, 0.4) is 0 Å². The highest BCUT2D eigenvalue weighted by Gasteiger charge is 2.19. The second-order valence-electron chi connectivity index (χ2n) is 7.47. The maximum absolute atomic E-state index is 12.4. The van der Waals surface area contributed by atoms with Gasteiger partial charge in [0.1, 0.15) is 16.5 Å². The molecule has 5 rings (SSSR count). The van der Waals surface area contributed by atoms with Gasteiger partial charge >= 0.3 is 0 Å². The average Bonchev–Trinajstić information content (AvgIpc) is 3.36. The Morgan fingerprint density at radius 3 is 2.61 bits per heavy atom. The summed E-state index contributed by atoms with van der Waals surface area (Å²) < 4.78 is 0. The normalized spacial score (nSPS) is 13.0. The van der Waals surface area contributed by atoms with Crippen molar-refractivity contribution in [1.29, 1.82) is 0 Å². The number of aromatic nitrogens is 4. The summed E-state index contributed by atoms with van der Waals surface area (Å²) >= 11 is 8.83. The molecule has 11 heteroatoms. The number of carbonyl (C=O) groups excluding carboxylic acids is 1. The number of aryl methyl sites for hydroxylation is 1. The summed E-state index contributed by atoms with van der Waals surface area (Å²) in [6.07, 6.45) is 1.16. The van der Waals surface area contributed by atoms with Gasteiger partial charge in [0.05, 0.1) is 5.02 Å². The Kier molecular flexibility index (Phi) is 6.21. The Hall–Kier alpha value is -3.08. The third kappa shape index (κ3) is 5.13. The molecule has 33 heavy (non-hydrogen) atoms. The van der Waals surface area contributed by atoms with Crippen LogP contribution in [0.2, 0.25) is 5.02 Å². The highest BCUT2D eigenvalue weighted by molar-refractivity contribution is 7.99. The van der Waals surface area contributed by atoms with Crippen LogP contribution < -0.4 is 15.5 Å². The van der Waals surface area contributed by atoms with E-state index in [2.05, 4.69) is 30.7 Å². The van der Waals surface area contributed by atoms with Crippen LogP contribution in [0.15, 0.2) is 57.9 Å². The number of hydrogen-bond donors (Lipinski definition) is 3. The molecule has 0 radical (unpaired) electrons. The number of hydrogen-bond acceptors (Lipinski definition) is 8. The van der Waals surface area contributed by atoms with Crippen molar-refractivity contribution in [3.63, 3.8) is 0 Å². The van der Waals surface area contributed by atoms with Crippen molar-refractivity contribution in [2.24, 2.45) is 0 Å². The molecule has 1 saturated heterocycles. The van der Waals surface area contributed by atoms with Crippen LogP contribution in [0, 0.1) is 6.92 Å². The standard InChI is InChI=1S/C22H20ClN7OS2/c1-13-11-18(29-28-13)25-17-12-19(30-8-2-9-30)27-22(26-17)33-15-5-3-14(4-6-15)24-21(31)20-16(23)7-10-32-20/h3-7,10-12H,2,8-9H2,1H3,(H,24,31)(H2,25,26,27,28,29). The van der Waals surface area contributed by atoms with E-state index in [1.54, 1.807) is 11.4 Å². The molecular weight excluding hydrogens is 478 g/mol. The van der Waals surface area contributed by atoms with E-state index >= 15 is 0 Å². The third-order valence-electron chi connectivity index (χ3n) is 4.98. The van der Waals surface area contributed by atoms with Crippen molar-refractivity contribution < 1.29 is 4.79 Å². The molecule has 1 amide bonds. The first kappa shape index (κ1) is 21.7. The molecule has 8 nitrogen and oxygen atoms in total. The number of amides is 1. The van der Waals surface area contributed by atoms with Gasteiger partial charge in [-0.25, -0.2) is 9.97 Å². The molecule has 0 unspecified atom stereocenters. The van der Waals surface area contributed by atoms with E-state index < -0.39 is 0 Å². The predicted octanol–water partition coefficient (Wildman–Crippen LogP) is 5.58. The quantitative estimate of drug-likeness (QED) is 0.286. The minimum absolute atomic E-state index is 0.217. The third-order valence-corrected chi connectivity index (χ3v) is 7.19. The first-order valence-electron chi connectivity index (χ1n) is 10.3. The van der Waals surface area contributed by atoms with Crippen molar-refractivity contribution in [3.8, 4) is 0 Å². The van der Waals surface area contributed by atoms with E-state index in [4.69, 9.17) is 16.6 Å². The van der Waals surface area contributed by atoms with Gasteiger partial charge in [0.25, 0.3) is 5.91 Å². The monoisotopic (exact) mass is 497 g/mol. The van der Waals surface area contributed by atoms with E-state index in [0.717, 1.165) is 35.9 Å². The molecule has 1 aliphatic rings. The molecule has 1 fully saturated rings. The fourth-order valence-corrected chi connectivity index (χ4v) is 5.00. The lowest BCUT2D eigenvalue weighted by Crippen LogP contribution is -2.37. The largest absolute Gasteiger partial charge is 0.356 e. The number of nitrogens with one attached hydrogen (secondary N) is 3. The number of carbonyl (C=O) groups is 1. The maximum atomic E-state index is 12.4. The molecule has 0 saturated carbocycles. The van der Waals surface area contributed by atoms with Gasteiger partial charge in [-0.3, -0.25) is 9.89 Å². The van der Waals surface area contributed by atoms with E-state index in [1.165, 1.54) is 23.1 Å². The Balaban J connectivity index is 1.32. The zero-order valence-electron chi connectivity index (χ0n) is 17.6. The fourth-order valence-electron chi connectivity index (χ4n) is 3.20. The molecule has 4 heterocycles. The van der Waals surface area contributed by atoms with Gasteiger partial charge in [0.2, 0.25) is 0 Å². The van der Waals surface area contributed by atoms with E-state index in [-0.39, 0.29) is 5.91 Å². The SMILES string of the molecule is Cc1cc(Nc2cc(N3CCC3)nc(Sc3ccc(NC(=O)c4sccc4Cl)cc3)n2)n[nH]1. The molecule has 3 N–H and O–H groups in total. The summed E-state index contributed by atoms with van der Waals surface area (Å²) in [5.41, 5.74) is 1.66. The van der Waals surface area contributed by atoms with Crippen LogP contribution in [-0.2, 0) is 0 Å². The van der Waals surface area contributed by atoms with Crippen molar-refractivity contribution >= 4 is 63.7 Å². The molecule has 1 aliphatic heterocycles. The van der Waals surface area contributed by atoms with Gasteiger partial charge in [-0.15, -0.1) is 11.3 Å². The van der Waals surface area contributed by atoms with Crippen molar-refractivity contribution in [3.05, 3.63) is 63.4 Å². The summed E-state index contributed by atoms with van der Waals surface area (Å²) in [7, 11) is 0. The summed E-state index contributed by atoms with van der Waals surface area (Å²) in [6.45, 7) is 3.93. The van der Waals surface area contributed by atoms with Gasteiger partial charge in [0.15, 0.2) is 11.0 Å². The smallest absolute Gasteiger partial charge is 0.267 e. The first-order valence-corrected chi connectivity index (χ1v) is 12.4. The summed E-state index contributed by atoms with van der Waals surface area (Å²) in [5, 5.41) is 16.2. The summed E-state index contributed by atoms with van der Waals surface area (Å²) in [4.78, 5) is 25.5. The van der Waals surface area contributed by atoms with Crippen LogP contribution >= 0.6 is 34.7 Å². The number of thiophene rings is 1. The molecular formula is C22H20ClN7OS2. The molecule has 0 aliphatic carbocycles. The minimum atomic E-state index is -0.217. The van der Waals surface area contributed by atoms with Crippen LogP contribution in [0.4, 0.5) is 23.1 Å². The Labute approximate surface area is 203 Å². The van der Waals surface area contributed by atoms with Crippen molar-refractivity contribution in [2.75, 3.05) is 28.6 Å². The number of H-pyrrole nitrogens is 1. The second-order valence-corrected chi connectivity index (χ2v) is 9.84. The van der Waals surface area contributed by atoms with E-state index in [0.29, 0.717) is 32.4 Å². The topological polar surface area (TPSA) is 98.8 Å². The molecule has 0 bridgehead atoms. The summed E-state index contributed by atoms with van der Waals surface area (Å²) in [5.74, 6) is 2.08. The first-order chi connectivity index (χ1) is 16.0. The van der Waals surface area contributed by atoms with Crippen molar-refractivity contribution in [2.45, 2.75) is 23.4 Å². The maximum Gasteiger partial charge on any atom is 0.267 e. The van der Waals surface area contributed by atoms with Crippen LogP contribution in [0.5, 0.6) is 0 Å². The minimum Gasteiger partial charge on any atom is -0.356 e. The van der Waals surface area contributed by atoms with Crippen LogP contribution in [0.25, 0.3) is 0 Å². The zero-order chi connectivity index (χ0) is 22.8. The lowest BCUT2D eigenvalue weighted by atomic mass is 10.2. The number of benzene rings is 1. The lowest BCUT2D eigenvalue weighted by molar-refractivity contribution is 0.103. The Morgan fingerprint density at radius 1 is 1.15 bits per heavy atom. The van der Waals surface area contributed by atoms with E-state index in [9.17, 15) is 4.79 Å². The molecule has 0 atom stereocenters. The number of aromatic amines is 1. The number of nitrogens with zero attached hydrogens (tertiary/aromatic N) is 4. The van der Waals surface area contributed by atoms with Crippen molar-refractivity contribution in [1.82, 2.24) is 20.2 Å². The second kappa shape index (κ2) is 9.42. The van der Waals surface area contributed by atoms with E-state index in [1.807, 2.05) is 43.3 Å². The molecule has 4 aromatic rings. The highest BCUT2D eigenvalue weighted by Crippen LogP contribution is 2.31. The molecule has 1 aromatic carbocycles. The van der Waals surface area contributed by atoms with Gasteiger partial charge in [-0.05, 0) is 60.8 Å². The number of rotatable bonds is 7. The Bertz CT molecular complexity index is 1280. The lowest BCUT2D eigenvalue weighted by Gasteiger charge is -2.32. The molecule has 3 aromatic heterocycles. The van der Waals surface area contributed by atoms with Crippen LogP contribution in [-0.4, -0.2) is 39.2 Å². The molecule has 168 valence electrons. The molecule has 0 spiro atoms. The highest BCUT2D eigenvalue weighted by atomic mass is 35.5. The predicted molar refractivity (Wildman–Crippen MR) is 133 cm³/mol.